The lowest BCUT2D eigenvalue weighted by atomic mass is 10.2. The molecule has 7 heteroatoms. The van der Waals surface area contributed by atoms with Crippen LogP contribution in [0.15, 0.2) is 60.0 Å². The zero-order valence-corrected chi connectivity index (χ0v) is 16.8. The molecule has 0 aliphatic carbocycles. The van der Waals surface area contributed by atoms with Crippen molar-refractivity contribution >= 4 is 17.2 Å². The average molecular weight is 412 g/mol. The van der Waals surface area contributed by atoms with Crippen LogP contribution in [0.4, 0.5) is 4.39 Å². The molecule has 4 rings (SSSR count). The molecule has 1 aliphatic heterocycles. The molecule has 0 saturated carbocycles. The van der Waals surface area contributed by atoms with E-state index in [-0.39, 0.29) is 18.3 Å². The van der Waals surface area contributed by atoms with Gasteiger partial charge in [-0.25, -0.2) is 9.37 Å². The van der Waals surface area contributed by atoms with Crippen molar-refractivity contribution in [3.63, 3.8) is 0 Å². The van der Waals surface area contributed by atoms with Gasteiger partial charge in [-0.05, 0) is 12.1 Å². The molecule has 0 unspecified atom stereocenters. The van der Waals surface area contributed by atoms with Gasteiger partial charge in [-0.15, -0.1) is 11.3 Å². The summed E-state index contributed by atoms with van der Waals surface area (Å²) in [5, 5.41) is 3.13. The Bertz CT molecular complexity index is 955. The van der Waals surface area contributed by atoms with E-state index >= 15 is 0 Å². The molecule has 3 aromatic rings. The Labute approximate surface area is 173 Å². The van der Waals surface area contributed by atoms with Crippen LogP contribution in [-0.2, 0) is 11.3 Å². The molecule has 1 amide bonds. The Balaban J connectivity index is 1.25. The van der Waals surface area contributed by atoms with Crippen LogP contribution in [-0.4, -0.2) is 53.5 Å². The van der Waals surface area contributed by atoms with Gasteiger partial charge >= 0.3 is 0 Å². The molecule has 5 nitrogen and oxygen atoms in total. The predicted octanol–water partition coefficient (Wildman–Crippen LogP) is 3.67. The van der Waals surface area contributed by atoms with Crippen molar-refractivity contribution in [2.24, 2.45) is 0 Å². The fourth-order valence-electron chi connectivity index (χ4n) is 3.27. The third-order valence-corrected chi connectivity index (χ3v) is 5.81. The van der Waals surface area contributed by atoms with Gasteiger partial charge in [0.05, 0.1) is 5.69 Å². The summed E-state index contributed by atoms with van der Waals surface area (Å²) < 4.78 is 18.9. The van der Waals surface area contributed by atoms with E-state index in [1.54, 1.807) is 28.4 Å². The molecule has 0 radical (unpaired) electrons. The first-order chi connectivity index (χ1) is 14.2. The van der Waals surface area contributed by atoms with E-state index in [0.717, 1.165) is 35.9 Å². The number of hydrogen-bond donors (Lipinski definition) is 0. The summed E-state index contributed by atoms with van der Waals surface area (Å²) in [5.74, 6) is -0.464. The minimum Gasteiger partial charge on any atom is -0.481 e. The van der Waals surface area contributed by atoms with E-state index in [9.17, 15) is 9.18 Å². The topological polar surface area (TPSA) is 45.7 Å². The second kappa shape index (κ2) is 9.15. The Morgan fingerprint density at radius 1 is 1.03 bits per heavy atom. The standard InChI is InChI=1S/C22H22FN3O2S/c23-19-8-4-5-9-20(19)28-15-21(27)26-12-10-25(11-13-26)14-18-16-29-22(24-18)17-6-2-1-3-7-17/h1-9,16H,10-15H2. The van der Waals surface area contributed by atoms with Crippen molar-refractivity contribution in [3.8, 4) is 16.3 Å². The highest BCUT2D eigenvalue weighted by atomic mass is 32.1. The van der Waals surface area contributed by atoms with Gasteiger partial charge in [0.1, 0.15) is 5.01 Å². The van der Waals surface area contributed by atoms with Crippen molar-refractivity contribution in [3.05, 3.63) is 71.5 Å². The van der Waals surface area contributed by atoms with Gasteiger partial charge in [0, 0.05) is 43.7 Å². The molecule has 0 bridgehead atoms. The highest BCUT2D eigenvalue weighted by Gasteiger charge is 2.22. The number of ether oxygens (including phenoxy) is 1. The SMILES string of the molecule is O=C(COc1ccccc1F)N1CCN(Cc2csc(-c3ccccc3)n2)CC1. The molecule has 0 atom stereocenters. The molecule has 1 saturated heterocycles. The summed E-state index contributed by atoms with van der Waals surface area (Å²) in [6.45, 7) is 3.46. The number of nitrogens with zero attached hydrogens (tertiary/aromatic N) is 3. The van der Waals surface area contributed by atoms with Gasteiger partial charge in [-0.1, -0.05) is 42.5 Å². The number of aromatic nitrogens is 1. The number of benzene rings is 2. The Hall–Kier alpha value is -2.77. The monoisotopic (exact) mass is 411 g/mol. The number of thiazole rings is 1. The smallest absolute Gasteiger partial charge is 0.260 e. The number of piperazine rings is 1. The molecule has 0 N–H and O–H groups in total. The summed E-state index contributed by atoms with van der Waals surface area (Å²) in [6.07, 6.45) is 0. The number of carbonyl (C=O) groups is 1. The predicted molar refractivity (Wildman–Crippen MR) is 111 cm³/mol. The van der Waals surface area contributed by atoms with Crippen LogP contribution in [0.5, 0.6) is 5.75 Å². The van der Waals surface area contributed by atoms with Gasteiger partial charge in [0.2, 0.25) is 0 Å². The van der Waals surface area contributed by atoms with E-state index in [4.69, 9.17) is 9.72 Å². The summed E-state index contributed by atoms with van der Waals surface area (Å²) >= 11 is 1.65. The van der Waals surface area contributed by atoms with Crippen LogP contribution in [0.3, 0.4) is 0 Å². The van der Waals surface area contributed by atoms with Gasteiger partial charge < -0.3 is 9.64 Å². The van der Waals surface area contributed by atoms with E-state index in [1.807, 2.05) is 18.2 Å². The number of rotatable bonds is 6. The Morgan fingerprint density at radius 3 is 2.52 bits per heavy atom. The summed E-state index contributed by atoms with van der Waals surface area (Å²) in [7, 11) is 0. The second-order valence-electron chi connectivity index (χ2n) is 6.89. The quantitative estimate of drug-likeness (QED) is 0.621. The number of para-hydroxylation sites is 1. The zero-order chi connectivity index (χ0) is 20.1. The van der Waals surface area contributed by atoms with Crippen LogP contribution in [0.1, 0.15) is 5.69 Å². The summed E-state index contributed by atoms with van der Waals surface area (Å²) in [5.41, 5.74) is 2.19. The fraction of sp³-hybridized carbons (Fsp3) is 0.273. The van der Waals surface area contributed by atoms with Crippen molar-refractivity contribution in [1.82, 2.24) is 14.8 Å². The largest absolute Gasteiger partial charge is 0.481 e. The lowest BCUT2D eigenvalue weighted by Gasteiger charge is -2.34. The van der Waals surface area contributed by atoms with E-state index in [0.29, 0.717) is 13.1 Å². The number of carbonyl (C=O) groups excluding carboxylic acids is 1. The van der Waals surface area contributed by atoms with Crippen molar-refractivity contribution in [2.45, 2.75) is 6.54 Å². The van der Waals surface area contributed by atoms with E-state index in [1.165, 1.54) is 12.1 Å². The summed E-state index contributed by atoms with van der Waals surface area (Å²) in [6, 6.07) is 16.3. The van der Waals surface area contributed by atoms with Crippen molar-refractivity contribution < 1.29 is 13.9 Å². The molecule has 1 aliphatic rings. The van der Waals surface area contributed by atoms with Crippen LogP contribution in [0, 0.1) is 5.82 Å². The molecule has 29 heavy (non-hydrogen) atoms. The first-order valence-electron chi connectivity index (χ1n) is 9.56. The molecular formula is C22H22FN3O2S. The fourth-order valence-corrected chi connectivity index (χ4v) is 4.09. The molecule has 2 heterocycles. The Morgan fingerprint density at radius 2 is 1.76 bits per heavy atom. The van der Waals surface area contributed by atoms with Gasteiger partial charge in [-0.3, -0.25) is 9.69 Å². The van der Waals surface area contributed by atoms with E-state index < -0.39 is 5.82 Å². The number of halogens is 1. The highest BCUT2D eigenvalue weighted by molar-refractivity contribution is 7.13. The first-order valence-corrected chi connectivity index (χ1v) is 10.4. The molecule has 1 aromatic heterocycles. The van der Waals surface area contributed by atoms with Gasteiger partial charge in [0.25, 0.3) is 5.91 Å². The van der Waals surface area contributed by atoms with Crippen LogP contribution < -0.4 is 4.74 Å². The summed E-state index contributed by atoms with van der Waals surface area (Å²) in [4.78, 5) is 21.2. The van der Waals surface area contributed by atoms with Gasteiger partial charge in [-0.2, -0.15) is 0 Å². The third-order valence-electron chi connectivity index (χ3n) is 4.87. The van der Waals surface area contributed by atoms with Crippen LogP contribution in [0.2, 0.25) is 0 Å². The molecule has 0 spiro atoms. The minimum atomic E-state index is -0.455. The Kier molecular flexibility index (Phi) is 6.17. The maximum absolute atomic E-state index is 13.6. The van der Waals surface area contributed by atoms with Crippen LogP contribution >= 0.6 is 11.3 Å². The molecule has 2 aromatic carbocycles. The van der Waals surface area contributed by atoms with Gasteiger partial charge in [0.15, 0.2) is 18.2 Å². The minimum absolute atomic E-state index is 0.109. The lowest BCUT2D eigenvalue weighted by molar-refractivity contribution is -0.135. The normalized spacial score (nSPS) is 14.7. The molecule has 1 fully saturated rings. The first kappa shape index (κ1) is 19.5. The maximum Gasteiger partial charge on any atom is 0.260 e. The number of hydrogen-bond acceptors (Lipinski definition) is 5. The lowest BCUT2D eigenvalue weighted by Crippen LogP contribution is -2.49. The maximum atomic E-state index is 13.6. The second-order valence-corrected chi connectivity index (χ2v) is 7.74. The molecular weight excluding hydrogens is 389 g/mol. The van der Waals surface area contributed by atoms with Crippen molar-refractivity contribution in [2.75, 3.05) is 32.8 Å². The van der Waals surface area contributed by atoms with E-state index in [2.05, 4.69) is 22.4 Å². The third kappa shape index (κ3) is 4.99. The van der Waals surface area contributed by atoms with Crippen LogP contribution in [0.25, 0.3) is 10.6 Å². The average Bonchev–Trinajstić information content (AvgIpc) is 3.23. The number of amides is 1. The molecule has 150 valence electrons. The highest BCUT2D eigenvalue weighted by Crippen LogP contribution is 2.24. The zero-order valence-electron chi connectivity index (χ0n) is 16.0. The van der Waals surface area contributed by atoms with Crippen molar-refractivity contribution in [1.29, 1.82) is 0 Å².